The Hall–Kier alpha value is -3.55. The minimum Gasteiger partial charge on any atom is -0.497 e. The van der Waals surface area contributed by atoms with Gasteiger partial charge in [-0.15, -0.1) is 0 Å². The molecule has 1 amide bonds. The first-order valence-electron chi connectivity index (χ1n) is 8.50. The average Bonchev–Trinajstić information content (AvgIpc) is 3.20. The summed E-state index contributed by atoms with van der Waals surface area (Å²) in [5, 5.41) is 4.00. The topological polar surface area (TPSA) is 86.9 Å². The molecule has 1 aromatic heterocycles. The number of hydrogen-bond acceptors (Lipinski definition) is 7. The SMILES string of the molecule is COc1cccc(C(=O)N(C)Cc2nc(-c3ccc(OC)cc3OC)no2)c1. The largest absolute Gasteiger partial charge is 0.497 e. The van der Waals surface area contributed by atoms with E-state index in [1.807, 2.05) is 0 Å². The predicted molar refractivity (Wildman–Crippen MR) is 102 cm³/mol. The van der Waals surface area contributed by atoms with Crippen molar-refractivity contribution >= 4 is 5.91 Å². The number of ether oxygens (including phenoxy) is 3. The summed E-state index contributed by atoms with van der Waals surface area (Å²) in [5.74, 6) is 2.34. The van der Waals surface area contributed by atoms with Crippen LogP contribution in [0.25, 0.3) is 11.4 Å². The van der Waals surface area contributed by atoms with Crippen molar-refractivity contribution in [2.75, 3.05) is 28.4 Å². The Morgan fingerprint density at radius 3 is 2.50 bits per heavy atom. The number of carbonyl (C=O) groups is 1. The van der Waals surface area contributed by atoms with Gasteiger partial charge in [-0.05, 0) is 30.3 Å². The first-order chi connectivity index (χ1) is 13.5. The van der Waals surface area contributed by atoms with E-state index in [-0.39, 0.29) is 12.5 Å². The molecule has 28 heavy (non-hydrogen) atoms. The zero-order chi connectivity index (χ0) is 20.1. The Balaban J connectivity index is 1.76. The molecule has 0 spiro atoms. The van der Waals surface area contributed by atoms with Crippen molar-refractivity contribution in [3.8, 4) is 28.6 Å². The highest BCUT2D eigenvalue weighted by Gasteiger charge is 2.18. The molecular formula is C20H21N3O5. The highest BCUT2D eigenvalue weighted by atomic mass is 16.5. The van der Waals surface area contributed by atoms with Crippen LogP contribution in [0.3, 0.4) is 0 Å². The van der Waals surface area contributed by atoms with Crippen LogP contribution in [0.5, 0.6) is 17.2 Å². The maximum atomic E-state index is 12.6. The third-order valence-corrected chi connectivity index (χ3v) is 4.15. The zero-order valence-electron chi connectivity index (χ0n) is 16.1. The van der Waals surface area contributed by atoms with E-state index < -0.39 is 0 Å². The minimum absolute atomic E-state index is 0.168. The van der Waals surface area contributed by atoms with Crippen LogP contribution in [-0.2, 0) is 6.54 Å². The first-order valence-corrected chi connectivity index (χ1v) is 8.50. The number of amides is 1. The van der Waals surface area contributed by atoms with Crippen LogP contribution in [-0.4, -0.2) is 49.3 Å². The van der Waals surface area contributed by atoms with Crippen molar-refractivity contribution in [3.05, 3.63) is 53.9 Å². The van der Waals surface area contributed by atoms with Gasteiger partial charge in [0.25, 0.3) is 5.91 Å². The number of hydrogen-bond donors (Lipinski definition) is 0. The molecule has 3 rings (SSSR count). The van der Waals surface area contributed by atoms with Gasteiger partial charge in [-0.25, -0.2) is 0 Å². The highest BCUT2D eigenvalue weighted by Crippen LogP contribution is 2.31. The lowest BCUT2D eigenvalue weighted by Gasteiger charge is -2.15. The van der Waals surface area contributed by atoms with Gasteiger partial charge in [0, 0.05) is 18.7 Å². The lowest BCUT2D eigenvalue weighted by atomic mass is 10.2. The molecule has 0 saturated heterocycles. The number of rotatable bonds is 7. The predicted octanol–water partition coefficient (Wildman–Crippen LogP) is 3.03. The van der Waals surface area contributed by atoms with Crippen LogP contribution in [0.1, 0.15) is 16.2 Å². The number of methoxy groups -OCH3 is 3. The van der Waals surface area contributed by atoms with Crippen LogP contribution < -0.4 is 14.2 Å². The fourth-order valence-corrected chi connectivity index (χ4v) is 2.66. The van der Waals surface area contributed by atoms with E-state index in [0.29, 0.717) is 40.1 Å². The zero-order valence-corrected chi connectivity index (χ0v) is 16.1. The molecule has 2 aromatic carbocycles. The quantitative estimate of drug-likeness (QED) is 0.620. The maximum Gasteiger partial charge on any atom is 0.254 e. The molecule has 0 N–H and O–H groups in total. The third-order valence-electron chi connectivity index (χ3n) is 4.15. The number of nitrogens with zero attached hydrogens (tertiary/aromatic N) is 3. The van der Waals surface area contributed by atoms with E-state index in [0.717, 1.165) is 0 Å². The molecule has 0 bridgehead atoms. The Morgan fingerprint density at radius 2 is 1.79 bits per heavy atom. The molecule has 1 heterocycles. The molecule has 0 aliphatic rings. The normalized spacial score (nSPS) is 10.4. The molecule has 0 atom stereocenters. The van der Waals surface area contributed by atoms with Gasteiger partial charge in [0.05, 0.1) is 33.4 Å². The van der Waals surface area contributed by atoms with Crippen LogP contribution in [0.4, 0.5) is 0 Å². The molecule has 146 valence electrons. The Labute approximate surface area is 162 Å². The van der Waals surface area contributed by atoms with Crippen LogP contribution in [0.15, 0.2) is 47.0 Å². The molecule has 0 unspecified atom stereocenters. The van der Waals surface area contributed by atoms with E-state index in [9.17, 15) is 4.79 Å². The molecule has 0 radical (unpaired) electrons. The van der Waals surface area contributed by atoms with E-state index in [1.54, 1.807) is 70.8 Å². The minimum atomic E-state index is -0.180. The number of benzene rings is 2. The van der Waals surface area contributed by atoms with Crippen LogP contribution in [0.2, 0.25) is 0 Å². The van der Waals surface area contributed by atoms with Gasteiger partial charge < -0.3 is 23.6 Å². The third kappa shape index (κ3) is 4.06. The van der Waals surface area contributed by atoms with Gasteiger partial charge in [-0.2, -0.15) is 4.98 Å². The van der Waals surface area contributed by atoms with Gasteiger partial charge in [0.1, 0.15) is 17.2 Å². The summed E-state index contributed by atoms with van der Waals surface area (Å²) in [6.07, 6.45) is 0. The Kier molecular flexibility index (Phi) is 5.78. The average molecular weight is 383 g/mol. The van der Waals surface area contributed by atoms with Gasteiger partial charge in [-0.3, -0.25) is 4.79 Å². The monoisotopic (exact) mass is 383 g/mol. The van der Waals surface area contributed by atoms with E-state index in [2.05, 4.69) is 10.1 Å². The number of carbonyl (C=O) groups excluding carboxylic acids is 1. The second-order valence-corrected chi connectivity index (χ2v) is 5.97. The summed E-state index contributed by atoms with van der Waals surface area (Å²) < 4.78 is 21.0. The summed E-state index contributed by atoms with van der Waals surface area (Å²) in [7, 11) is 6.36. The Morgan fingerprint density at radius 1 is 1.04 bits per heavy atom. The van der Waals surface area contributed by atoms with Crippen molar-refractivity contribution < 1.29 is 23.5 Å². The van der Waals surface area contributed by atoms with Gasteiger partial charge in [-0.1, -0.05) is 11.2 Å². The standard InChI is InChI=1S/C20H21N3O5/c1-23(20(24)13-6-5-7-14(10-13)25-2)12-18-21-19(22-28-18)16-9-8-15(26-3)11-17(16)27-4/h5-11H,12H2,1-4H3. The molecule has 0 fully saturated rings. The van der Waals surface area contributed by atoms with Crippen molar-refractivity contribution in [1.82, 2.24) is 15.0 Å². The molecule has 8 heteroatoms. The number of aromatic nitrogens is 2. The molecule has 0 saturated carbocycles. The summed E-state index contributed by atoms with van der Waals surface area (Å²) >= 11 is 0. The lowest BCUT2D eigenvalue weighted by Crippen LogP contribution is -2.26. The second-order valence-electron chi connectivity index (χ2n) is 5.97. The highest BCUT2D eigenvalue weighted by molar-refractivity contribution is 5.94. The lowest BCUT2D eigenvalue weighted by molar-refractivity contribution is 0.0769. The van der Waals surface area contributed by atoms with Crippen molar-refractivity contribution in [2.24, 2.45) is 0 Å². The summed E-state index contributed by atoms with van der Waals surface area (Å²) in [5.41, 5.74) is 1.18. The summed E-state index contributed by atoms with van der Waals surface area (Å²) in [6, 6.07) is 12.3. The van der Waals surface area contributed by atoms with E-state index in [4.69, 9.17) is 18.7 Å². The van der Waals surface area contributed by atoms with E-state index >= 15 is 0 Å². The molecule has 3 aromatic rings. The molecule has 8 nitrogen and oxygen atoms in total. The van der Waals surface area contributed by atoms with Crippen LogP contribution >= 0.6 is 0 Å². The van der Waals surface area contributed by atoms with Crippen molar-refractivity contribution in [1.29, 1.82) is 0 Å². The fourth-order valence-electron chi connectivity index (χ4n) is 2.66. The molecule has 0 aliphatic heterocycles. The Bertz CT molecular complexity index is 970. The van der Waals surface area contributed by atoms with Gasteiger partial charge in [0.15, 0.2) is 0 Å². The van der Waals surface area contributed by atoms with Gasteiger partial charge >= 0.3 is 0 Å². The summed E-state index contributed by atoms with van der Waals surface area (Å²) in [4.78, 5) is 18.5. The van der Waals surface area contributed by atoms with E-state index in [1.165, 1.54) is 4.90 Å². The molecule has 0 aliphatic carbocycles. The van der Waals surface area contributed by atoms with Crippen molar-refractivity contribution in [2.45, 2.75) is 6.54 Å². The molecular weight excluding hydrogens is 362 g/mol. The van der Waals surface area contributed by atoms with Gasteiger partial charge in [0.2, 0.25) is 11.7 Å². The van der Waals surface area contributed by atoms with Crippen molar-refractivity contribution in [3.63, 3.8) is 0 Å². The maximum absolute atomic E-state index is 12.6. The smallest absolute Gasteiger partial charge is 0.254 e. The van der Waals surface area contributed by atoms with Crippen LogP contribution in [0, 0.1) is 0 Å². The fraction of sp³-hybridized carbons (Fsp3) is 0.250. The first kappa shape index (κ1) is 19.2. The second kappa shape index (κ2) is 8.43. The summed E-state index contributed by atoms with van der Waals surface area (Å²) in [6.45, 7) is 0.168.